The summed E-state index contributed by atoms with van der Waals surface area (Å²) in [6.45, 7) is 4.18. The molecule has 1 fully saturated rings. The number of rotatable bonds is 6. The predicted molar refractivity (Wildman–Crippen MR) is 96.7 cm³/mol. The van der Waals surface area contributed by atoms with Crippen molar-refractivity contribution in [1.29, 1.82) is 0 Å². The summed E-state index contributed by atoms with van der Waals surface area (Å²) in [6.07, 6.45) is 4.18. The second-order valence-electron chi connectivity index (χ2n) is 6.37. The molecule has 0 radical (unpaired) electrons. The molecule has 1 aromatic rings. The Bertz CT molecular complexity index is 519. The van der Waals surface area contributed by atoms with Crippen molar-refractivity contribution in [2.45, 2.75) is 39.2 Å². The zero-order valence-electron chi connectivity index (χ0n) is 14.4. The molecule has 6 heteroatoms. The summed E-state index contributed by atoms with van der Waals surface area (Å²) in [7, 11) is 3.69. The summed E-state index contributed by atoms with van der Waals surface area (Å²) < 4.78 is 0. The Balaban J connectivity index is 2.01. The van der Waals surface area contributed by atoms with E-state index in [0.717, 1.165) is 38.2 Å². The van der Waals surface area contributed by atoms with E-state index in [9.17, 15) is 4.79 Å². The molecule has 0 saturated heterocycles. The summed E-state index contributed by atoms with van der Waals surface area (Å²) in [5, 5.41) is 10.8. The van der Waals surface area contributed by atoms with Gasteiger partial charge in [0.25, 0.3) is 0 Å². The standard InChI is InChI=1S/C17H28N4OS/c1-4-18-16(19-11-14-7-10-23-12-14)20-13-17(8-5-6-9-17)15(22)21(2)3/h7,10,12H,4-6,8-9,11,13H2,1-3H3,(H2,18,19,20). The number of hydrogen-bond donors (Lipinski definition) is 2. The largest absolute Gasteiger partial charge is 0.357 e. The highest BCUT2D eigenvalue weighted by Crippen LogP contribution is 2.38. The van der Waals surface area contributed by atoms with Gasteiger partial charge in [-0.1, -0.05) is 12.8 Å². The topological polar surface area (TPSA) is 56.7 Å². The van der Waals surface area contributed by atoms with Gasteiger partial charge in [0, 0.05) is 27.2 Å². The van der Waals surface area contributed by atoms with Crippen LogP contribution >= 0.6 is 11.3 Å². The second kappa shape index (κ2) is 8.34. The average molecular weight is 337 g/mol. The van der Waals surface area contributed by atoms with Gasteiger partial charge in [0.05, 0.1) is 12.0 Å². The van der Waals surface area contributed by atoms with E-state index < -0.39 is 0 Å². The van der Waals surface area contributed by atoms with Crippen LogP contribution < -0.4 is 10.6 Å². The minimum atomic E-state index is -0.276. The average Bonchev–Trinajstić information content (AvgIpc) is 3.21. The van der Waals surface area contributed by atoms with Gasteiger partial charge in [0.1, 0.15) is 0 Å². The molecule has 1 aromatic heterocycles. The van der Waals surface area contributed by atoms with Crippen molar-refractivity contribution in [1.82, 2.24) is 15.5 Å². The monoisotopic (exact) mass is 336 g/mol. The van der Waals surface area contributed by atoms with Crippen molar-refractivity contribution in [3.05, 3.63) is 22.4 Å². The van der Waals surface area contributed by atoms with Gasteiger partial charge in [-0.25, -0.2) is 4.99 Å². The van der Waals surface area contributed by atoms with E-state index in [1.54, 1.807) is 16.2 Å². The number of carbonyl (C=O) groups excluding carboxylic acids is 1. The number of nitrogens with zero attached hydrogens (tertiary/aromatic N) is 2. The molecule has 0 aromatic carbocycles. The Morgan fingerprint density at radius 2 is 2.09 bits per heavy atom. The highest BCUT2D eigenvalue weighted by atomic mass is 32.1. The molecule has 2 rings (SSSR count). The Kier molecular flexibility index (Phi) is 6.45. The molecule has 0 spiro atoms. The summed E-state index contributed by atoms with van der Waals surface area (Å²) in [5.41, 5.74) is 0.939. The molecule has 0 bridgehead atoms. The van der Waals surface area contributed by atoms with Gasteiger partial charge in [-0.05, 0) is 42.2 Å². The first kappa shape index (κ1) is 17.8. The second-order valence-corrected chi connectivity index (χ2v) is 7.15. The van der Waals surface area contributed by atoms with Gasteiger partial charge in [-0.2, -0.15) is 11.3 Å². The van der Waals surface area contributed by atoms with E-state index in [1.807, 2.05) is 14.1 Å². The van der Waals surface area contributed by atoms with Crippen LogP contribution in [0.15, 0.2) is 21.8 Å². The zero-order valence-corrected chi connectivity index (χ0v) is 15.2. The Morgan fingerprint density at radius 3 is 2.65 bits per heavy atom. The van der Waals surface area contributed by atoms with Crippen LogP contribution in [-0.4, -0.2) is 44.0 Å². The summed E-state index contributed by atoms with van der Waals surface area (Å²) in [5.74, 6) is 1.02. The molecule has 0 unspecified atom stereocenters. The Morgan fingerprint density at radius 1 is 1.35 bits per heavy atom. The molecule has 2 N–H and O–H groups in total. The molecule has 23 heavy (non-hydrogen) atoms. The van der Waals surface area contributed by atoms with E-state index in [1.165, 1.54) is 5.56 Å². The number of nitrogens with one attached hydrogen (secondary N) is 2. The molecule has 1 amide bonds. The van der Waals surface area contributed by atoms with Crippen LogP contribution in [0.25, 0.3) is 0 Å². The Labute approximate surface area is 143 Å². The molecular weight excluding hydrogens is 308 g/mol. The van der Waals surface area contributed by atoms with Gasteiger partial charge >= 0.3 is 0 Å². The first-order valence-electron chi connectivity index (χ1n) is 8.32. The third-order valence-electron chi connectivity index (χ3n) is 4.36. The molecule has 1 saturated carbocycles. The fourth-order valence-corrected chi connectivity index (χ4v) is 3.80. The normalized spacial score (nSPS) is 17.1. The van der Waals surface area contributed by atoms with E-state index in [-0.39, 0.29) is 11.3 Å². The number of thiophene rings is 1. The van der Waals surface area contributed by atoms with Crippen molar-refractivity contribution < 1.29 is 4.79 Å². The van der Waals surface area contributed by atoms with Crippen molar-refractivity contribution in [3.8, 4) is 0 Å². The molecular formula is C17H28N4OS. The van der Waals surface area contributed by atoms with Crippen LogP contribution in [0.4, 0.5) is 0 Å². The lowest BCUT2D eigenvalue weighted by Crippen LogP contribution is -2.49. The molecule has 0 atom stereocenters. The summed E-state index contributed by atoms with van der Waals surface area (Å²) in [6, 6.07) is 2.09. The lowest BCUT2D eigenvalue weighted by atomic mass is 9.84. The minimum Gasteiger partial charge on any atom is -0.357 e. The quantitative estimate of drug-likeness (QED) is 0.620. The van der Waals surface area contributed by atoms with Crippen LogP contribution in [0.2, 0.25) is 0 Å². The maximum absolute atomic E-state index is 12.6. The van der Waals surface area contributed by atoms with Crippen LogP contribution in [0.5, 0.6) is 0 Å². The number of hydrogen-bond acceptors (Lipinski definition) is 3. The number of guanidine groups is 1. The molecule has 1 aliphatic carbocycles. The minimum absolute atomic E-state index is 0.233. The first-order chi connectivity index (χ1) is 11.1. The van der Waals surface area contributed by atoms with Crippen LogP contribution in [-0.2, 0) is 11.3 Å². The lowest BCUT2D eigenvalue weighted by Gasteiger charge is -2.31. The molecule has 0 aliphatic heterocycles. The molecule has 128 valence electrons. The third-order valence-corrected chi connectivity index (χ3v) is 5.09. The van der Waals surface area contributed by atoms with E-state index in [2.05, 4.69) is 39.4 Å². The lowest BCUT2D eigenvalue weighted by molar-refractivity contribution is -0.138. The van der Waals surface area contributed by atoms with Crippen molar-refractivity contribution in [2.24, 2.45) is 10.4 Å². The molecule has 5 nitrogen and oxygen atoms in total. The number of aliphatic imine (C=N–C) groups is 1. The maximum Gasteiger partial charge on any atom is 0.230 e. The third kappa shape index (κ3) is 4.70. The van der Waals surface area contributed by atoms with E-state index in [0.29, 0.717) is 13.1 Å². The van der Waals surface area contributed by atoms with Gasteiger partial charge in [-0.3, -0.25) is 4.79 Å². The maximum atomic E-state index is 12.6. The van der Waals surface area contributed by atoms with Crippen LogP contribution in [0.1, 0.15) is 38.2 Å². The number of amides is 1. The fraction of sp³-hybridized carbons (Fsp3) is 0.647. The van der Waals surface area contributed by atoms with Crippen LogP contribution in [0, 0.1) is 5.41 Å². The smallest absolute Gasteiger partial charge is 0.230 e. The summed E-state index contributed by atoms with van der Waals surface area (Å²) >= 11 is 1.68. The first-order valence-corrected chi connectivity index (χ1v) is 9.27. The van der Waals surface area contributed by atoms with E-state index in [4.69, 9.17) is 0 Å². The highest BCUT2D eigenvalue weighted by molar-refractivity contribution is 7.07. The fourth-order valence-electron chi connectivity index (χ4n) is 3.14. The summed E-state index contributed by atoms with van der Waals surface area (Å²) in [4.78, 5) is 19.0. The van der Waals surface area contributed by atoms with Gasteiger partial charge in [0.2, 0.25) is 5.91 Å². The molecule has 1 aliphatic rings. The van der Waals surface area contributed by atoms with Gasteiger partial charge < -0.3 is 15.5 Å². The highest BCUT2D eigenvalue weighted by Gasteiger charge is 2.42. The van der Waals surface area contributed by atoms with Crippen molar-refractivity contribution in [2.75, 3.05) is 27.2 Å². The van der Waals surface area contributed by atoms with Crippen molar-refractivity contribution in [3.63, 3.8) is 0 Å². The van der Waals surface area contributed by atoms with Gasteiger partial charge in [0.15, 0.2) is 5.96 Å². The zero-order chi connectivity index (χ0) is 16.7. The SMILES string of the molecule is CCNC(=NCc1ccsc1)NCC1(C(=O)N(C)C)CCCC1. The van der Waals surface area contributed by atoms with Crippen molar-refractivity contribution >= 4 is 23.2 Å². The Hall–Kier alpha value is -1.56. The van der Waals surface area contributed by atoms with Gasteiger partial charge in [-0.15, -0.1) is 0 Å². The van der Waals surface area contributed by atoms with E-state index >= 15 is 0 Å². The molecule has 1 heterocycles. The predicted octanol–water partition coefficient (Wildman–Crippen LogP) is 2.45. The number of carbonyl (C=O) groups is 1. The van der Waals surface area contributed by atoms with Crippen LogP contribution in [0.3, 0.4) is 0 Å².